The Balaban J connectivity index is 1.58. The smallest absolute Gasteiger partial charge is 0.264 e. The number of aryl methyl sites for hydroxylation is 1. The monoisotopic (exact) mass is 420 g/mol. The lowest BCUT2D eigenvalue weighted by Crippen LogP contribution is -2.41. The number of morpholine rings is 2. The fourth-order valence-corrected chi connectivity index (χ4v) is 4.20. The second kappa shape index (κ2) is 9.38. The fourth-order valence-electron chi connectivity index (χ4n) is 4.20. The van der Waals surface area contributed by atoms with E-state index in [1.807, 2.05) is 19.9 Å². The highest BCUT2D eigenvalue weighted by Gasteiger charge is 2.21. The van der Waals surface area contributed by atoms with Crippen LogP contribution in [-0.2, 0) is 14.3 Å². The van der Waals surface area contributed by atoms with E-state index in [9.17, 15) is 10.1 Å². The van der Waals surface area contributed by atoms with Gasteiger partial charge in [0.1, 0.15) is 11.6 Å². The highest BCUT2D eigenvalue weighted by atomic mass is 16.5. The van der Waals surface area contributed by atoms with Gasteiger partial charge in [0.2, 0.25) is 0 Å². The fraction of sp³-hybridized carbons (Fsp3) is 0.417. The molecular formula is C24H28N4O3. The summed E-state index contributed by atoms with van der Waals surface area (Å²) < 4.78 is 12.9. The van der Waals surface area contributed by atoms with E-state index in [4.69, 9.17) is 9.47 Å². The van der Waals surface area contributed by atoms with Gasteiger partial charge in [-0.2, -0.15) is 5.26 Å². The van der Waals surface area contributed by atoms with Crippen molar-refractivity contribution in [3.05, 3.63) is 52.9 Å². The topological polar surface area (TPSA) is 70.7 Å². The summed E-state index contributed by atoms with van der Waals surface area (Å²) in [5, 5.41) is 9.61. The van der Waals surface area contributed by atoms with E-state index in [0.29, 0.717) is 26.3 Å². The third kappa shape index (κ3) is 4.50. The van der Waals surface area contributed by atoms with E-state index < -0.39 is 0 Å². The maximum absolute atomic E-state index is 12.8. The number of benzene rings is 1. The third-order valence-corrected chi connectivity index (χ3v) is 5.90. The molecule has 2 aliphatic rings. The highest BCUT2D eigenvalue weighted by Crippen LogP contribution is 2.25. The normalized spacial score (nSPS) is 17.5. The second-order valence-electron chi connectivity index (χ2n) is 7.85. The van der Waals surface area contributed by atoms with Gasteiger partial charge < -0.3 is 23.8 Å². The van der Waals surface area contributed by atoms with Crippen molar-refractivity contribution < 1.29 is 14.3 Å². The van der Waals surface area contributed by atoms with Crippen LogP contribution in [0.2, 0.25) is 0 Å². The van der Waals surface area contributed by atoms with Gasteiger partial charge in [0.15, 0.2) is 0 Å². The van der Waals surface area contributed by atoms with Crippen molar-refractivity contribution in [2.45, 2.75) is 13.8 Å². The molecule has 0 saturated carbocycles. The minimum absolute atomic E-state index is 0.157. The quantitative estimate of drug-likeness (QED) is 0.562. The van der Waals surface area contributed by atoms with Crippen LogP contribution in [0, 0.1) is 25.2 Å². The molecule has 31 heavy (non-hydrogen) atoms. The molecule has 4 rings (SSSR count). The minimum atomic E-state index is -0.231. The number of nitrogens with zero attached hydrogens (tertiary/aromatic N) is 4. The van der Waals surface area contributed by atoms with Crippen LogP contribution in [0.15, 0.2) is 35.9 Å². The van der Waals surface area contributed by atoms with Crippen LogP contribution in [0.25, 0.3) is 11.8 Å². The average Bonchev–Trinajstić information content (AvgIpc) is 3.10. The van der Waals surface area contributed by atoms with E-state index >= 15 is 0 Å². The van der Waals surface area contributed by atoms with Gasteiger partial charge in [-0.3, -0.25) is 4.79 Å². The van der Waals surface area contributed by atoms with Gasteiger partial charge in [-0.05, 0) is 55.8 Å². The van der Waals surface area contributed by atoms with E-state index in [-0.39, 0.29) is 11.5 Å². The molecule has 1 aromatic heterocycles. The molecule has 0 atom stereocenters. The van der Waals surface area contributed by atoms with Crippen LogP contribution in [0.5, 0.6) is 0 Å². The number of hydrogen-bond donors (Lipinski definition) is 0. The first-order valence-corrected chi connectivity index (χ1v) is 10.7. The van der Waals surface area contributed by atoms with Gasteiger partial charge in [0.25, 0.3) is 5.91 Å². The molecule has 0 bridgehead atoms. The van der Waals surface area contributed by atoms with Crippen molar-refractivity contribution in [2.24, 2.45) is 0 Å². The molecule has 0 unspecified atom stereocenters. The Kier molecular flexibility index (Phi) is 6.40. The SMILES string of the molecule is Cc1cc(/C=C(/C#N)C(=O)N2CCOCC2)c(C)n1-c1ccc(N2CCOCC2)cc1. The van der Waals surface area contributed by atoms with Gasteiger partial charge in [-0.1, -0.05) is 0 Å². The first kappa shape index (κ1) is 21.2. The Morgan fingerprint density at radius 3 is 2.16 bits per heavy atom. The molecule has 0 radical (unpaired) electrons. The van der Waals surface area contributed by atoms with Crippen molar-refractivity contribution >= 4 is 17.7 Å². The minimum Gasteiger partial charge on any atom is -0.378 e. The molecule has 7 heteroatoms. The predicted octanol–water partition coefficient (Wildman–Crippen LogP) is 2.70. The Labute approximate surface area is 183 Å². The first-order valence-electron chi connectivity index (χ1n) is 10.7. The highest BCUT2D eigenvalue weighted by molar-refractivity contribution is 6.01. The molecule has 2 saturated heterocycles. The summed E-state index contributed by atoms with van der Waals surface area (Å²) in [5.41, 5.74) is 5.35. The lowest BCUT2D eigenvalue weighted by atomic mass is 10.1. The molecular weight excluding hydrogens is 392 g/mol. The maximum atomic E-state index is 12.8. The van der Waals surface area contributed by atoms with Crippen LogP contribution >= 0.6 is 0 Å². The molecule has 2 aromatic rings. The van der Waals surface area contributed by atoms with E-state index in [0.717, 1.165) is 48.9 Å². The number of hydrogen-bond acceptors (Lipinski definition) is 5. The standard InChI is InChI=1S/C24H28N4O3/c1-18-15-20(16-21(17-25)24(29)27-9-13-31-14-10-27)19(2)28(18)23-5-3-22(4-6-23)26-7-11-30-12-8-26/h3-6,15-16H,7-14H2,1-2H3/b21-16-. The number of anilines is 1. The molecule has 0 aliphatic carbocycles. The van der Waals surface area contributed by atoms with E-state index in [1.54, 1.807) is 11.0 Å². The van der Waals surface area contributed by atoms with Crippen molar-refractivity contribution in [2.75, 3.05) is 57.5 Å². The van der Waals surface area contributed by atoms with Crippen LogP contribution in [0.3, 0.4) is 0 Å². The van der Waals surface area contributed by atoms with Crippen LogP contribution in [0.4, 0.5) is 5.69 Å². The van der Waals surface area contributed by atoms with Crippen molar-refractivity contribution in [3.63, 3.8) is 0 Å². The lowest BCUT2D eigenvalue weighted by molar-refractivity contribution is -0.130. The van der Waals surface area contributed by atoms with Gasteiger partial charge in [-0.25, -0.2) is 0 Å². The van der Waals surface area contributed by atoms with Crippen molar-refractivity contribution in [1.29, 1.82) is 5.26 Å². The van der Waals surface area contributed by atoms with Crippen LogP contribution < -0.4 is 4.90 Å². The molecule has 2 aliphatic heterocycles. The molecule has 1 aromatic carbocycles. The molecule has 2 fully saturated rings. The van der Waals surface area contributed by atoms with Gasteiger partial charge in [0, 0.05) is 48.9 Å². The van der Waals surface area contributed by atoms with Gasteiger partial charge in [0.05, 0.1) is 26.4 Å². The predicted molar refractivity (Wildman–Crippen MR) is 119 cm³/mol. The first-order chi connectivity index (χ1) is 15.1. The van der Waals surface area contributed by atoms with E-state index in [1.165, 1.54) is 5.69 Å². The Morgan fingerprint density at radius 1 is 0.968 bits per heavy atom. The summed E-state index contributed by atoms with van der Waals surface area (Å²) >= 11 is 0. The molecule has 162 valence electrons. The second-order valence-corrected chi connectivity index (χ2v) is 7.85. The number of ether oxygens (including phenoxy) is 2. The summed E-state index contributed by atoms with van der Waals surface area (Å²) in [6, 6.07) is 12.6. The number of rotatable bonds is 4. The zero-order valence-corrected chi connectivity index (χ0v) is 18.1. The molecule has 3 heterocycles. The molecule has 0 N–H and O–H groups in total. The average molecular weight is 421 g/mol. The number of amides is 1. The molecule has 1 amide bonds. The maximum Gasteiger partial charge on any atom is 0.264 e. The molecule has 0 spiro atoms. The zero-order chi connectivity index (χ0) is 21.8. The lowest BCUT2D eigenvalue weighted by Gasteiger charge is -2.29. The van der Waals surface area contributed by atoms with Crippen molar-refractivity contribution in [3.8, 4) is 11.8 Å². The number of nitriles is 1. The number of carbonyl (C=O) groups is 1. The summed E-state index contributed by atoms with van der Waals surface area (Å²) in [4.78, 5) is 16.8. The molecule has 7 nitrogen and oxygen atoms in total. The van der Waals surface area contributed by atoms with Gasteiger partial charge >= 0.3 is 0 Å². The summed E-state index contributed by atoms with van der Waals surface area (Å²) in [6.45, 7) is 9.46. The number of aromatic nitrogens is 1. The summed E-state index contributed by atoms with van der Waals surface area (Å²) in [7, 11) is 0. The Hall–Kier alpha value is -3.08. The Bertz CT molecular complexity index is 1000. The van der Waals surface area contributed by atoms with Crippen LogP contribution in [0.1, 0.15) is 17.0 Å². The van der Waals surface area contributed by atoms with Crippen molar-refractivity contribution in [1.82, 2.24) is 9.47 Å². The van der Waals surface area contributed by atoms with Crippen LogP contribution in [-0.4, -0.2) is 68.0 Å². The summed E-state index contributed by atoms with van der Waals surface area (Å²) in [6.07, 6.45) is 1.71. The zero-order valence-electron chi connectivity index (χ0n) is 18.1. The third-order valence-electron chi connectivity index (χ3n) is 5.90. The van der Waals surface area contributed by atoms with Gasteiger partial charge in [-0.15, -0.1) is 0 Å². The van der Waals surface area contributed by atoms with E-state index in [2.05, 4.69) is 39.8 Å². The summed E-state index contributed by atoms with van der Waals surface area (Å²) in [5.74, 6) is -0.231. The largest absolute Gasteiger partial charge is 0.378 e. The Morgan fingerprint density at radius 2 is 1.55 bits per heavy atom. The number of carbonyl (C=O) groups excluding carboxylic acids is 1.